The molecule has 0 amide bonds. The average molecular weight is 224 g/mol. The largest absolute Gasteiger partial charge is 0.383 e. The number of aromatic nitrogens is 2. The third-order valence-corrected chi connectivity index (χ3v) is 2.03. The maximum absolute atomic E-state index is 5.05. The van der Waals surface area contributed by atoms with Gasteiger partial charge in [0.1, 0.15) is 18.0 Å². The fraction of sp³-hybridized carbons (Fsp3) is 0.636. The number of methoxy groups -OCH3 is 1. The minimum absolute atomic E-state index is 0.235. The Morgan fingerprint density at radius 1 is 1.38 bits per heavy atom. The smallest absolute Gasteiger partial charge is 0.131 e. The molecule has 0 spiro atoms. The summed E-state index contributed by atoms with van der Waals surface area (Å²) in [6.45, 7) is 5.74. The normalized spacial score (nSPS) is 12.2. The Labute approximate surface area is 96.6 Å². The minimum Gasteiger partial charge on any atom is -0.383 e. The predicted molar refractivity (Wildman–Crippen MR) is 65.8 cm³/mol. The van der Waals surface area contributed by atoms with Gasteiger partial charge >= 0.3 is 0 Å². The van der Waals surface area contributed by atoms with Crippen LogP contribution in [-0.2, 0) is 4.74 Å². The van der Waals surface area contributed by atoms with E-state index in [2.05, 4.69) is 27.5 Å². The van der Waals surface area contributed by atoms with E-state index in [1.807, 2.05) is 13.0 Å². The van der Waals surface area contributed by atoms with E-state index in [1.165, 1.54) is 0 Å². The van der Waals surface area contributed by atoms with Crippen LogP contribution in [0.1, 0.15) is 20.3 Å². The molecule has 0 saturated carbocycles. The molecule has 0 aliphatic rings. The Kier molecular flexibility index (Phi) is 5.56. The lowest BCUT2D eigenvalue weighted by Crippen LogP contribution is -2.21. The second kappa shape index (κ2) is 7.00. The topological polar surface area (TPSA) is 59.1 Å². The van der Waals surface area contributed by atoms with E-state index in [1.54, 1.807) is 13.4 Å². The molecule has 1 aromatic rings. The summed E-state index contributed by atoms with van der Waals surface area (Å²) in [7, 11) is 1.69. The number of ether oxygens (including phenoxy) is 1. The maximum Gasteiger partial charge on any atom is 0.131 e. The van der Waals surface area contributed by atoms with Gasteiger partial charge in [0.05, 0.1) is 6.61 Å². The summed E-state index contributed by atoms with van der Waals surface area (Å²) in [6, 6.07) is 2.14. The zero-order chi connectivity index (χ0) is 11.8. The molecule has 0 aliphatic carbocycles. The summed E-state index contributed by atoms with van der Waals surface area (Å²) in [5.74, 6) is 1.67. The van der Waals surface area contributed by atoms with E-state index in [9.17, 15) is 0 Å². The van der Waals surface area contributed by atoms with Gasteiger partial charge in [-0.3, -0.25) is 0 Å². The molecule has 5 nitrogen and oxygen atoms in total. The zero-order valence-electron chi connectivity index (χ0n) is 10.2. The fourth-order valence-electron chi connectivity index (χ4n) is 1.33. The van der Waals surface area contributed by atoms with E-state index in [4.69, 9.17) is 4.74 Å². The Hall–Kier alpha value is -1.36. The van der Waals surface area contributed by atoms with Crippen LogP contribution in [0, 0.1) is 0 Å². The van der Waals surface area contributed by atoms with Crippen LogP contribution >= 0.6 is 0 Å². The van der Waals surface area contributed by atoms with Crippen LogP contribution in [0.5, 0.6) is 0 Å². The molecule has 90 valence electrons. The Bertz CT molecular complexity index is 306. The van der Waals surface area contributed by atoms with Crippen LogP contribution < -0.4 is 10.6 Å². The van der Waals surface area contributed by atoms with Crippen LogP contribution in [0.15, 0.2) is 12.4 Å². The fourth-order valence-corrected chi connectivity index (χ4v) is 1.33. The first-order valence-corrected chi connectivity index (χ1v) is 5.57. The van der Waals surface area contributed by atoms with Crippen molar-refractivity contribution >= 4 is 11.6 Å². The Balaban J connectivity index is 2.52. The molecule has 0 fully saturated rings. The van der Waals surface area contributed by atoms with Crippen molar-refractivity contribution in [3.05, 3.63) is 12.4 Å². The SMILES string of the molecule is CCCNc1cc(NC(C)COC)ncn1. The monoisotopic (exact) mass is 224 g/mol. The summed E-state index contributed by atoms with van der Waals surface area (Å²) in [4.78, 5) is 8.29. The van der Waals surface area contributed by atoms with Crippen molar-refractivity contribution in [3.8, 4) is 0 Å². The molecule has 0 bridgehead atoms. The van der Waals surface area contributed by atoms with Gasteiger partial charge in [-0.2, -0.15) is 0 Å². The van der Waals surface area contributed by atoms with Gasteiger partial charge in [0, 0.05) is 25.8 Å². The van der Waals surface area contributed by atoms with Gasteiger partial charge in [-0.1, -0.05) is 6.92 Å². The number of nitrogens with one attached hydrogen (secondary N) is 2. The quantitative estimate of drug-likeness (QED) is 0.739. The van der Waals surface area contributed by atoms with Crippen molar-refractivity contribution < 1.29 is 4.74 Å². The molecule has 1 rings (SSSR count). The van der Waals surface area contributed by atoms with Crippen molar-refractivity contribution in [2.45, 2.75) is 26.3 Å². The van der Waals surface area contributed by atoms with E-state index >= 15 is 0 Å². The molecule has 0 aliphatic heterocycles. The van der Waals surface area contributed by atoms with Crippen molar-refractivity contribution in [2.24, 2.45) is 0 Å². The molecule has 2 N–H and O–H groups in total. The molecule has 1 heterocycles. The van der Waals surface area contributed by atoms with Crippen LogP contribution in [0.4, 0.5) is 11.6 Å². The molecule has 1 atom stereocenters. The van der Waals surface area contributed by atoms with Crippen LogP contribution in [0.25, 0.3) is 0 Å². The number of nitrogens with zero attached hydrogens (tertiary/aromatic N) is 2. The van der Waals surface area contributed by atoms with Gasteiger partial charge < -0.3 is 15.4 Å². The van der Waals surface area contributed by atoms with E-state index in [0.717, 1.165) is 24.6 Å². The van der Waals surface area contributed by atoms with Gasteiger partial charge in [-0.25, -0.2) is 9.97 Å². The van der Waals surface area contributed by atoms with Crippen LogP contribution in [0.3, 0.4) is 0 Å². The highest BCUT2D eigenvalue weighted by Crippen LogP contribution is 2.09. The minimum atomic E-state index is 0.235. The second-order valence-corrected chi connectivity index (χ2v) is 3.72. The molecule has 1 unspecified atom stereocenters. The number of rotatable bonds is 7. The molecule has 16 heavy (non-hydrogen) atoms. The highest BCUT2D eigenvalue weighted by atomic mass is 16.5. The zero-order valence-corrected chi connectivity index (χ0v) is 10.2. The summed E-state index contributed by atoms with van der Waals surface area (Å²) >= 11 is 0. The average Bonchev–Trinajstić information content (AvgIpc) is 2.27. The Morgan fingerprint density at radius 2 is 2.12 bits per heavy atom. The van der Waals surface area contributed by atoms with Gasteiger partial charge in [0.2, 0.25) is 0 Å². The molecule has 0 radical (unpaired) electrons. The third kappa shape index (κ3) is 4.44. The molecule has 5 heteroatoms. The van der Waals surface area contributed by atoms with E-state index in [0.29, 0.717) is 6.61 Å². The van der Waals surface area contributed by atoms with Gasteiger partial charge in [-0.15, -0.1) is 0 Å². The van der Waals surface area contributed by atoms with Crippen molar-refractivity contribution in [1.82, 2.24) is 9.97 Å². The van der Waals surface area contributed by atoms with Gasteiger partial charge in [-0.05, 0) is 13.3 Å². The standard InChI is InChI=1S/C11H20N4O/c1-4-5-12-10-6-11(14-8-13-10)15-9(2)7-16-3/h6,8-9H,4-5,7H2,1-3H3,(H2,12,13,14,15). The maximum atomic E-state index is 5.05. The summed E-state index contributed by atoms with van der Waals surface area (Å²) < 4.78 is 5.05. The van der Waals surface area contributed by atoms with Crippen LogP contribution in [0.2, 0.25) is 0 Å². The highest BCUT2D eigenvalue weighted by molar-refractivity contribution is 5.46. The molecule has 1 aromatic heterocycles. The van der Waals surface area contributed by atoms with Gasteiger partial charge in [0.25, 0.3) is 0 Å². The van der Waals surface area contributed by atoms with Crippen molar-refractivity contribution in [3.63, 3.8) is 0 Å². The number of hydrogen-bond acceptors (Lipinski definition) is 5. The highest BCUT2D eigenvalue weighted by Gasteiger charge is 2.03. The van der Waals surface area contributed by atoms with E-state index < -0.39 is 0 Å². The Morgan fingerprint density at radius 3 is 2.81 bits per heavy atom. The predicted octanol–water partition coefficient (Wildman–Crippen LogP) is 1.75. The van der Waals surface area contributed by atoms with Gasteiger partial charge in [0.15, 0.2) is 0 Å². The lowest BCUT2D eigenvalue weighted by Gasteiger charge is -2.13. The first kappa shape index (κ1) is 12.7. The molecular weight excluding hydrogens is 204 g/mol. The van der Waals surface area contributed by atoms with Crippen molar-refractivity contribution in [1.29, 1.82) is 0 Å². The lowest BCUT2D eigenvalue weighted by molar-refractivity contribution is 0.190. The second-order valence-electron chi connectivity index (χ2n) is 3.72. The van der Waals surface area contributed by atoms with Crippen molar-refractivity contribution in [2.75, 3.05) is 30.9 Å². The van der Waals surface area contributed by atoms with E-state index in [-0.39, 0.29) is 6.04 Å². The third-order valence-electron chi connectivity index (χ3n) is 2.03. The number of hydrogen-bond donors (Lipinski definition) is 2. The lowest BCUT2D eigenvalue weighted by atomic mass is 10.3. The first-order chi connectivity index (χ1) is 7.76. The number of anilines is 2. The molecular formula is C11H20N4O. The molecule has 0 saturated heterocycles. The first-order valence-electron chi connectivity index (χ1n) is 5.57. The van der Waals surface area contributed by atoms with Crippen LogP contribution in [-0.4, -0.2) is 36.3 Å². The summed E-state index contributed by atoms with van der Waals surface area (Å²) in [5, 5.41) is 6.46. The summed E-state index contributed by atoms with van der Waals surface area (Å²) in [5.41, 5.74) is 0. The summed E-state index contributed by atoms with van der Waals surface area (Å²) in [6.07, 6.45) is 2.63. The molecule has 0 aromatic carbocycles.